The summed E-state index contributed by atoms with van der Waals surface area (Å²) in [6.07, 6.45) is -0.407. The first-order valence-electron chi connectivity index (χ1n) is 12.5. The van der Waals surface area contributed by atoms with E-state index in [2.05, 4.69) is 10.3 Å². The van der Waals surface area contributed by atoms with E-state index in [0.717, 1.165) is 18.4 Å². The van der Waals surface area contributed by atoms with Gasteiger partial charge in [0, 0.05) is 35.3 Å². The summed E-state index contributed by atoms with van der Waals surface area (Å²) in [5, 5.41) is 10.1. The number of nitrogens with zero attached hydrogens (tertiary/aromatic N) is 1. The van der Waals surface area contributed by atoms with Crippen molar-refractivity contribution in [3.63, 3.8) is 0 Å². The molecule has 9 heteroatoms. The third-order valence-corrected chi connectivity index (χ3v) is 7.78. The van der Waals surface area contributed by atoms with Gasteiger partial charge in [0.25, 0.3) is 6.47 Å². The summed E-state index contributed by atoms with van der Waals surface area (Å²) in [7, 11) is 0. The average molecular weight is 529 g/mol. The highest BCUT2D eigenvalue weighted by molar-refractivity contribution is 5.49. The van der Waals surface area contributed by atoms with Gasteiger partial charge in [0.05, 0.1) is 11.6 Å². The standard InChI is InChI=1S/C28H26F4N2O.CH2O2/c1-27(2)14-34-26(18-5-3-4-6-21(18)28(30,31)32)24-22(27)8-7-15(25(24)29)13-35-23-11-17-9-16-10-19(16)20(17)12-33-23;2-1-3/h3-8,11-12,16,19,26,34H,9-10,13-14H2,1-2H3;1H,(H,2,3). The van der Waals surface area contributed by atoms with Gasteiger partial charge in [-0.1, -0.05) is 44.2 Å². The number of ether oxygens (including phenoxy) is 1. The van der Waals surface area contributed by atoms with E-state index in [9.17, 15) is 13.2 Å². The van der Waals surface area contributed by atoms with Crippen LogP contribution in [0.4, 0.5) is 17.6 Å². The van der Waals surface area contributed by atoms with Gasteiger partial charge in [0.2, 0.25) is 5.88 Å². The molecule has 3 aliphatic rings. The number of fused-ring (bicyclic) bond motifs is 4. The molecular weight excluding hydrogens is 500 g/mol. The van der Waals surface area contributed by atoms with Crippen molar-refractivity contribution >= 4 is 6.47 Å². The molecule has 0 spiro atoms. The highest BCUT2D eigenvalue weighted by atomic mass is 19.4. The predicted molar refractivity (Wildman–Crippen MR) is 133 cm³/mol. The molecule has 0 radical (unpaired) electrons. The fraction of sp³-hybridized carbons (Fsp3) is 0.379. The first kappa shape index (κ1) is 26.2. The number of nitrogens with one attached hydrogen (secondary N) is 1. The molecule has 3 atom stereocenters. The van der Waals surface area contributed by atoms with Crippen LogP contribution in [0.1, 0.15) is 71.2 Å². The zero-order valence-corrected chi connectivity index (χ0v) is 21.0. The van der Waals surface area contributed by atoms with Crippen molar-refractivity contribution in [2.24, 2.45) is 5.92 Å². The molecule has 3 aromatic rings. The van der Waals surface area contributed by atoms with E-state index >= 15 is 4.39 Å². The molecule has 6 rings (SSSR count). The second-order valence-corrected chi connectivity index (χ2v) is 10.7. The van der Waals surface area contributed by atoms with Gasteiger partial charge in [-0.05, 0) is 53.0 Å². The number of halogens is 4. The summed E-state index contributed by atoms with van der Waals surface area (Å²) in [4.78, 5) is 12.8. The van der Waals surface area contributed by atoms with Gasteiger partial charge in [-0.25, -0.2) is 9.37 Å². The molecule has 3 unspecified atom stereocenters. The van der Waals surface area contributed by atoms with Crippen LogP contribution in [0.2, 0.25) is 0 Å². The van der Waals surface area contributed by atoms with Crippen molar-refractivity contribution in [3.05, 3.63) is 93.4 Å². The molecular formula is C29H28F4N2O3. The Morgan fingerprint density at radius 1 is 1.18 bits per heavy atom. The quantitative estimate of drug-likeness (QED) is 0.314. The highest BCUT2D eigenvalue weighted by Gasteiger charge is 2.45. The lowest BCUT2D eigenvalue weighted by molar-refractivity contribution is -0.138. The molecule has 2 aliphatic carbocycles. The molecule has 0 amide bonds. The van der Waals surface area contributed by atoms with Gasteiger partial charge in [0.1, 0.15) is 12.4 Å². The van der Waals surface area contributed by atoms with Gasteiger partial charge in [-0.3, -0.25) is 4.79 Å². The summed E-state index contributed by atoms with van der Waals surface area (Å²) >= 11 is 0. The molecule has 2 heterocycles. The van der Waals surface area contributed by atoms with E-state index in [1.165, 1.54) is 29.7 Å². The molecule has 1 saturated carbocycles. The third-order valence-electron chi connectivity index (χ3n) is 7.78. The molecule has 0 saturated heterocycles. The minimum atomic E-state index is -4.54. The Labute approximate surface area is 217 Å². The zero-order chi connectivity index (χ0) is 27.2. The Kier molecular flexibility index (Phi) is 6.67. The van der Waals surface area contributed by atoms with Crippen molar-refractivity contribution in [2.45, 2.75) is 56.8 Å². The van der Waals surface area contributed by atoms with Crippen molar-refractivity contribution in [1.29, 1.82) is 0 Å². The number of rotatable bonds is 4. The molecule has 1 aromatic heterocycles. The number of carbonyl (C=O) groups is 1. The van der Waals surface area contributed by atoms with E-state index < -0.39 is 29.0 Å². The second-order valence-electron chi connectivity index (χ2n) is 10.7. The number of alkyl halides is 3. The SMILES string of the molecule is CC1(C)CNC(c2ccccc2C(F)(F)F)c2c1ccc(COc1cc3c(cn1)C1CC1C3)c2F.O=CO. The van der Waals surface area contributed by atoms with Crippen LogP contribution in [-0.2, 0) is 29.4 Å². The molecule has 38 heavy (non-hydrogen) atoms. The number of benzene rings is 2. The van der Waals surface area contributed by atoms with E-state index in [1.54, 1.807) is 12.1 Å². The van der Waals surface area contributed by atoms with Gasteiger partial charge < -0.3 is 15.2 Å². The van der Waals surface area contributed by atoms with Crippen LogP contribution in [0.5, 0.6) is 5.88 Å². The smallest absolute Gasteiger partial charge is 0.416 e. The lowest BCUT2D eigenvalue weighted by Gasteiger charge is -2.39. The highest BCUT2D eigenvalue weighted by Crippen LogP contribution is 2.56. The van der Waals surface area contributed by atoms with Crippen LogP contribution in [0.3, 0.4) is 0 Å². The lowest BCUT2D eigenvalue weighted by atomic mass is 9.74. The summed E-state index contributed by atoms with van der Waals surface area (Å²) < 4.78 is 63.3. The third kappa shape index (κ3) is 4.75. The molecule has 200 valence electrons. The van der Waals surface area contributed by atoms with Crippen LogP contribution in [0.15, 0.2) is 48.7 Å². The first-order chi connectivity index (χ1) is 18.0. The first-order valence-corrected chi connectivity index (χ1v) is 12.5. The average Bonchev–Trinajstić information content (AvgIpc) is 3.54. The Morgan fingerprint density at radius 2 is 1.92 bits per heavy atom. The Morgan fingerprint density at radius 3 is 2.66 bits per heavy atom. The topological polar surface area (TPSA) is 71.5 Å². The van der Waals surface area contributed by atoms with Crippen molar-refractivity contribution in [3.8, 4) is 5.88 Å². The number of hydrogen-bond donors (Lipinski definition) is 2. The van der Waals surface area contributed by atoms with E-state index in [0.29, 0.717) is 29.5 Å². The second kappa shape index (κ2) is 9.69. The van der Waals surface area contributed by atoms with Crippen molar-refractivity contribution in [2.75, 3.05) is 6.54 Å². The Bertz CT molecular complexity index is 1370. The number of aromatic nitrogens is 1. The van der Waals surface area contributed by atoms with Crippen LogP contribution < -0.4 is 10.1 Å². The fourth-order valence-electron chi connectivity index (χ4n) is 5.81. The molecule has 2 aromatic carbocycles. The zero-order valence-electron chi connectivity index (χ0n) is 21.0. The van der Waals surface area contributed by atoms with Crippen LogP contribution in [-0.4, -0.2) is 23.1 Å². The largest absolute Gasteiger partial charge is 0.483 e. The maximum Gasteiger partial charge on any atom is 0.416 e. The Balaban J connectivity index is 0.000000937. The minimum absolute atomic E-state index is 0.0209. The van der Waals surface area contributed by atoms with Gasteiger partial charge >= 0.3 is 6.18 Å². The summed E-state index contributed by atoms with van der Waals surface area (Å²) in [5.41, 5.74) is 2.61. The maximum absolute atomic E-state index is 16.0. The molecule has 1 fully saturated rings. The predicted octanol–water partition coefficient (Wildman–Crippen LogP) is 6.15. The molecule has 0 bridgehead atoms. The molecule has 1 aliphatic heterocycles. The number of hydrogen-bond acceptors (Lipinski definition) is 4. The minimum Gasteiger partial charge on any atom is -0.483 e. The summed E-state index contributed by atoms with van der Waals surface area (Å²) in [6, 6.07) is 9.90. The van der Waals surface area contributed by atoms with E-state index in [1.807, 2.05) is 32.2 Å². The van der Waals surface area contributed by atoms with Crippen molar-refractivity contribution in [1.82, 2.24) is 10.3 Å². The monoisotopic (exact) mass is 528 g/mol. The van der Waals surface area contributed by atoms with E-state index in [-0.39, 0.29) is 24.2 Å². The van der Waals surface area contributed by atoms with Crippen LogP contribution >= 0.6 is 0 Å². The maximum atomic E-state index is 16.0. The fourth-order valence-corrected chi connectivity index (χ4v) is 5.81. The van der Waals surface area contributed by atoms with E-state index in [4.69, 9.17) is 14.6 Å². The van der Waals surface area contributed by atoms with Crippen molar-refractivity contribution < 1.29 is 32.2 Å². The lowest BCUT2D eigenvalue weighted by Crippen LogP contribution is -2.43. The van der Waals surface area contributed by atoms with Crippen LogP contribution in [0.25, 0.3) is 0 Å². The Hall–Kier alpha value is -3.46. The van der Waals surface area contributed by atoms with Gasteiger partial charge in [-0.15, -0.1) is 0 Å². The summed E-state index contributed by atoms with van der Waals surface area (Å²) in [5.74, 6) is 1.27. The molecule has 2 N–H and O–H groups in total. The van der Waals surface area contributed by atoms with Gasteiger partial charge in [-0.2, -0.15) is 13.2 Å². The number of pyridine rings is 1. The summed E-state index contributed by atoms with van der Waals surface area (Å²) in [6.45, 7) is 4.04. The van der Waals surface area contributed by atoms with Gasteiger partial charge in [0.15, 0.2) is 0 Å². The number of carboxylic acid groups (broad SMARTS) is 1. The molecule has 5 nitrogen and oxygen atoms in total. The van der Waals surface area contributed by atoms with Crippen LogP contribution in [0, 0.1) is 11.7 Å². The normalized spacial score (nSPS) is 22.3.